The number of aliphatic carboxylic acids is 1. The number of carbonyl (C=O) groups is 2. The van der Waals surface area contributed by atoms with Crippen LogP contribution in [0.4, 0.5) is 8.78 Å². The van der Waals surface area contributed by atoms with Crippen LogP contribution >= 0.6 is 0 Å². The Morgan fingerprint density at radius 3 is 2.53 bits per heavy atom. The van der Waals surface area contributed by atoms with Crippen LogP contribution in [0.5, 0.6) is 0 Å². The maximum atomic E-state index is 13.4. The lowest BCUT2D eigenvalue weighted by Crippen LogP contribution is -2.40. The fraction of sp³-hybridized carbons (Fsp3) is 0.385. The van der Waals surface area contributed by atoms with Crippen molar-refractivity contribution in [2.45, 2.75) is 20.3 Å². The lowest BCUT2D eigenvalue weighted by molar-refractivity contribution is -0.147. The summed E-state index contributed by atoms with van der Waals surface area (Å²) in [7, 11) is 0. The zero-order chi connectivity index (χ0) is 14.6. The number of hydrogen-bond acceptors (Lipinski definition) is 2. The molecule has 0 heterocycles. The third kappa shape index (κ3) is 3.27. The summed E-state index contributed by atoms with van der Waals surface area (Å²) in [5.41, 5.74) is -1.58. The molecule has 0 saturated carbocycles. The van der Waals surface area contributed by atoms with E-state index in [-0.39, 0.29) is 6.54 Å². The molecule has 1 rings (SSSR count). The molecule has 2 N–H and O–H groups in total. The molecule has 0 saturated heterocycles. The molecule has 1 unspecified atom stereocenters. The summed E-state index contributed by atoms with van der Waals surface area (Å²) in [4.78, 5) is 22.7. The van der Waals surface area contributed by atoms with Crippen LogP contribution in [0.1, 0.15) is 30.6 Å². The average molecular weight is 271 g/mol. The van der Waals surface area contributed by atoms with Gasteiger partial charge in [-0.25, -0.2) is 8.78 Å². The molecule has 0 fully saturated rings. The number of carbonyl (C=O) groups excluding carboxylic acids is 1. The van der Waals surface area contributed by atoms with Gasteiger partial charge in [-0.1, -0.05) is 13.0 Å². The minimum absolute atomic E-state index is 0.159. The van der Waals surface area contributed by atoms with Crippen molar-refractivity contribution in [3.63, 3.8) is 0 Å². The number of carboxylic acid groups (broad SMARTS) is 1. The first-order valence-corrected chi connectivity index (χ1v) is 5.77. The van der Waals surface area contributed by atoms with Gasteiger partial charge in [0.15, 0.2) is 11.6 Å². The minimum atomic E-state index is -1.24. The summed E-state index contributed by atoms with van der Waals surface area (Å²) in [5, 5.41) is 11.3. The van der Waals surface area contributed by atoms with E-state index in [1.165, 1.54) is 13.0 Å². The Morgan fingerprint density at radius 2 is 2.00 bits per heavy atom. The number of rotatable bonds is 5. The first-order valence-electron chi connectivity index (χ1n) is 5.77. The highest BCUT2D eigenvalue weighted by molar-refractivity contribution is 5.94. The van der Waals surface area contributed by atoms with Gasteiger partial charge < -0.3 is 10.4 Å². The first-order chi connectivity index (χ1) is 8.81. The highest BCUT2D eigenvalue weighted by Gasteiger charge is 2.31. The summed E-state index contributed by atoms with van der Waals surface area (Å²) in [6.45, 7) is 2.98. The standard InChI is InChI=1S/C13H15F2NO3/c1-3-13(2,12(18)19)7-16-11(17)8-5-4-6-9(14)10(8)15/h4-6H,3,7H2,1-2H3,(H,16,17)(H,18,19). The molecule has 0 aliphatic carbocycles. The molecule has 0 aliphatic heterocycles. The van der Waals surface area contributed by atoms with Gasteiger partial charge in [0.25, 0.3) is 5.91 Å². The SMILES string of the molecule is CCC(C)(CNC(=O)c1cccc(F)c1F)C(=O)O. The molecule has 4 nitrogen and oxygen atoms in total. The summed E-state index contributed by atoms with van der Waals surface area (Å²) in [6.07, 6.45) is 0.300. The van der Waals surface area contributed by atoms with E-state index in [2.05, 4.69) is 5.32 Å². The van der Waals surface area contributed by atoms with Crippen LogP contribution in [-0.4, -0.2) is 23.5 Å². The molecule has 0 aromatic heterocycles. The molecular weight excluding hydrogens is 256 g/mol. The van der Waals surface area contributed by atoms with E-state index in [0.717, 1.165) is 12.1 Å². The third-order valence-electron chi connectivity index (χ3n) is 3.13. The van der Waals surface area contributed by atoms with Gasteiger partial charge in [-0.15, -0.1) is 0 Å². The molecule has 0 bridgehead atoms. The molecule has 1 atom stereocenters. The molecule has 1 aromatic carbocycles. The Bertz CT molecular complexity index is 505. The van der Waals surface area contributed by atoms with Gasteiger partial charge in [-0.2, -0.15) is 0 Å². The number of hydrogen-bond donors (Lipinski definition) is 2. The molecule has 0 spiro atoms. The largest absolute Gasteiger partial charge is 0.481 e. The molecule has 1 aromatic rings. The van der Waals surface area contributed by atoms with Crippen LogP contribution in [0.2, 0.25) is 0 Å². The van der Waals surface area contributed by atoms with E-state index < -0.39 is 34.5 Å². The summed E-state index contributed by atoms with van der Waals surface area (Å²) in [5.74, 6) is -4.26. The second-order valence-electron chi connectivity index (χ2n) is 4.50. The minimum Gasteiger partial charge on any atom is -0.481 e. The van der Waals surface area contributed by atoms with Crippen LogP contribution in [-0.2, 0) is 4.79 Å². The zero-order valence-electron chi connectivity index (χ0n) is 10.7. The van der Waals surface area contributed by atoms with Gasteiger partial charge in [0.05, 0.1) is 11.0 Å². The van der Waals surface area contributed by atoms with Gasteiger partial charge in [0.1, 0.15) is 0 Å². The highest BCUT2D eigenvalue weighted by atomic mass is 19.2. The van der Waals surface area contributed by atoms with E-state index in [9.17, 15) is 18.4 Å². The maximum Gasteiger partial charge on any atom is 0.311 e. The van der Waals surface area contributed by atoms with Crippen molar-refractivity contribution < 1.29 is 23.5 Å². The molecule has 0 radical (unpaired) electrons. The Kier molecular flexibility index (Phi) is 4.58. The maximum absolute atomic E-state index is 13.4. The Morgan fingerprint density at radius 1 is 1.37 bits per heavy atom. The summed E-state index contributed by atoms with van der Waals surface area (Å²) >= 11 is 0. The molecule has 1 amide bonds. The lowest BCUT2D eigenvalue weighted by Gasteiger charge is -2.23. The highest BCUT2D eigenvalue weighted by Crippen LogP contribution is 2.20. The lowest BCUT2D eigenvalue weighted by atomic mass is 9.87. The molecule has 19 heavy (non-hydrogen) atoms. The van der Waals surface area contributed by atoms with Gasteiger partial charge in [0.2, 0.25) is 0 Å². The van der Waals surface area contributed by atoms with Crippen molar-refractivity contribution in [1.82, 2.24) is 5.32 Å². The fourth-order valence-corrected chi connectivity index (χ4v) is 1.40. The van der Waals surface area contributed by atoms with Gasteiger partial charge in [-0.05, 0) is 25.5 Å². The molecule has 104 valence electrons. The number of halogens is 2. The first kappa shape index (κ1) is 15.1. The molecule has 6 heteroatoms. The fourth-order valence-electron chi connectivity index (χ4n) is 1.40. The predicted octanol–water partition coefficient (Wildman–Crippen LogP) is 2.20. The topological polar surface area (TPSA) is 66.4 Å². The number of benzene rings is 1. The van der Waals surface area contributed by atoms with Crippen molar-refractivity contribution in [2.75, 3.05) is 6.54 Å². The van der Waals surface area contributed by atoms with Crippen LogP contribution in [0.3, 0.4) is 0 Å². The normalized spacial score (nSPS) is 13.7. The Labute approximate surface area is 109 Å². The average Bonchev–Trinajstić information content (AvgIpc) is 2.38. The van der Waals surface area contributed by atoms with E-state index in [1.807, 2.05) is 0 Å². The summed E-state index contributed by atoms with van der Waals surface area (Å²) in [6, 6.07) is 3.25. The second kappa shape index (κ2) is 5.77. The van der Waals surface area contributed by atoms with E-state index in [1.54, 1.807) is 6.92 Å². The third-order valence-corrected chi connectivity index (χ3v) is 3.13. The van der Waals surface area contributed by atoms with Gasteiger partial charge in [0, 0.05) is 6.54 Å². The van der Waals surface area contributed by atoms with Crippen molar-refractivity contribution >= 4 is 11.9 Å². The smallest absolute Gasteiger partial charge is 0.311 e. The van der Waals surface area contributed by atoms with Gasteiger partial charge >= 0.3 is 5.97 Å². The molecule has 0 aliphatic rings. The van der Waals surface area contributed by atoms with E-state index in [0.29, 0.717) is 6.42 Å². The molecular formula is C13H15F2NO3. The van der Waals surface area contributed by atoms with Crippen molar-refractivity contribution in [2.24, 2.45) is 5.41 Å². The number of nitrogens with one attached hydrogen (secondary N) is 1. The summed E-state index contributed by atoms with van der Waals surface area (Å²) < 4.78 is 26.3. The van der Waals surface area contributed by atoms with Crippen molar-refractivity contribution in [1.29, 1.82) is 0 Å². The Balaban J connectivity index is 2.81. The number of carboxylic acids is 1. The number of amides is 1. The van der Waals surface area contributed by atoms with E-state index in [4.69, 9.17) is 5.11 Å². The van der Waals surface area contributed by atoms with Crippen molar-refractivity contribution in [3.8, 4) is 0 Å². The monoisotopic (exact) mass is 271 g/mol. The van der Waals surface area contributed by atoms with Crippen molar-refractivity contribution in [3.05, 3.63) is 35.4 Å². The zero-order valence-corrected chi connectivity index (χ0v) is 10.7. The quantitative estimate of drug-likeness (QED) is 0.862. The van der Waals surface area contributed by atoms with Crippen LogP contribution in [0.25, 0.3) is 0 Å². The van der Waals surface area contributed by atoms with Crippen LogP contribution in [0, 0.1) is 17.0 Å². The van der Waals surface area contributed by atoms with Crippen LogP contribution < -0.4 is 5.32 Å². The second-order valence-corrected chi connectivity index (χ2v) is 4.50. The van der Waals surface area contributed by atoms with E-state index >= 15 is 0 Å². The predicted molar refractivity (Wildman–Crippen MR) is 64.7 cm³/mol. The van der Waals surface area contributed by atoms with Gasteiger partial charge in [-0.3, -0.25) is 9.59 Å². The Hall–Kier alpha value is -1.98. The van der Waals surface area contributed by atoms with Crippen LogP contribution in [0.15, 0.2) is 18.2 Å².